The summed E-state index contributed by atoms with van der Waals surface area (Å²) >= 11 is 1.25. The fourth-order valence-electron chi connectivity index (χ4n) is 1.83. The minimum Gasteiger partial charge on any atom is -0.298 e. The molecule has 0 aliphatic rings. The van der Waals surface area contributed by atoms with Gasteiger partial charge in [0.05, 0.1) is 10.2 Å². The van der Waals surface area contributed by atoms with Gasteiger partial charge in [0.1, 0.15) is 5.82 Å². The van der Waals surface area contributed by atoms with Crippen LogP contribution in [0.15, 0.2) is 42.5 Å². The topological polar surface area (TPSA) is 42.0 Å². The van der Waals surface area contributed by atoms with Crippen LogP contribution < -0.4 is 5.32 Å². The van der Waals surface area contributed by atoms with Gasteiger partial charge in [-0.1, -0.05) is 29.0 Å². The van der Waals surface area contributed by atoms with Gasteiger partial charge >= 0.3 is 0 Å². The zero-order chi connectivity index (χ0) is 14.1. The molecule has 3 nitrogen and oxygen atoms in total. The van der Waals surface area contributed by atoms with E-state index in [9.17, 15) is 9.18 Å². The number of rotatable bonds is 2. The number of amides is 1. The van der Waals surface area contributed by atoms with Gasteiger partial charge in [-0.15, -0.1) is 0 Å². The van der Waals surface area contributed by atoms with Crippen LogP contribution >= 0.6 is 11.3 Å². The molecule has 3 aromatic rings. The second-order valence-corrected chi connectivity index (χ2v) is 5.48. The number of fused-ring (bicyclic) bond motifs is 1. The van der Waals surface area contributed by atoms with Crippen molar-refractivity contribution >= 4 is 32.6 Å². The van der Waals surface area contributed by atoms with E-state index in [1.807, 2.05) is 19.1 Å². The quantitative estimate of drug-likeness (QED) is 0.773. The standard InChI is InChI=1S/C15H11FN2OS/c1-9-2-4-10(5-3-9)14(19)18-15-17-12-7-6-11(16)8-13(12)20-15/h2-8H,1H3,(H,17,18,19). The van der Waals surface area contributed by atoms with Crippen LogP contribution in [-0.2, 0) is 0 Å². The zero-order valence-electron chi connectivity index (χ0n) is 10.7. The number of hydrogen-bond donors (Lipinski definition) is 1. The van der Waals surface area contributed by atoms with E-state index in [2.05, 4.69) is 10.3 Å². The van der Waals surface area contributed by atoms with Gasteiger partial charge in [-0.3, -0.25) is 10.1 Å². The molecule has 0 fully saturated rings. The highest BCUT2D eigenvalue weighted by Crippen LogP contribution is 2.26. The molecule has 1 amide bonds. The molecule has 0 bridgehead atoms. The number of aryl methyl sites for hydroxylation is 1. The molecule has 1 N–H and O–H groups in total. The third kappa shape index (κ3) is 2.53. The first-order chi connectivity index (χ1) is 9.61. The fraction of sp³-hybridized carbons (Fsp3) is 0.0667. The van der Waals surface area contributed by atoms with E-state index < -0.39 is 0 Å². The van der Waals surface area contributed by atoms with Crippen molar-refractivity contribution in [2.24, 2.45) is 0 Å². The average Bonchev–Trinajstić information content (AvgIpc) is 2.80. The number of carbonyl (C=O) groups is 1. The summed E-state index contributed by atoms with van der Waals surface area (Å²) in [6, 6.07) is 11.6. The molecular formula is C15H11FN2OS. The Kier molecular flexibility index (Phi) is 3.20. The summed E-state index contributed by atoms with van der Waals surface area (Å²) in [5, 5.41) is 3.20. The van der Waals surface area contributed by atoms with Crippen LogP contribution in [-0.4, -0.2) is 10.9 Å². The number of benzene rings is 2. The van der Waals surface area contributed by atoms with Crippen LogP contribution in [0.3, 0.4) is 0 Å². The maximum Gasteiger partial charge on any atom is 0.257 e. The van der Waals surface area contributed by atoms with Crippen LogP contribution in [0.1, 0.15) is 15.9 Å². The molecule has 0 saturated carbocycles. The molecule has 0 aliphatic carbocycles. The maximum absolute atomic E-state index is 13.1. The van der Waals surface area contributed by atoms with Crippen LogP contribution in [0.2, 0.25) is 0 Å². The van der Waals surface area contributed by atoms with Crippen LogP contribution in [0, 0.1) is 12.7 Å². The second kappa shape index (κ2) is 5.02. The number of halogens is 1. The fourth-order valence-corrected chi connectivity index (χ4v) is 2.71. The Labute approximate surface area is 119 Å². The van der Waals surface area contributed by atoms with Crippen molar-refractivity contribution < 1.29 is 9.18 Å². The van der Waals surface area contributed by atoms with Crippen molar-refractivity contribution in [3.63, 3.8) is 0 Å². The first-order valence-electron chi connectivity index (χ1n) is 6.06. The third-order valence-electron chi connectivity index (χ3n) is 2.88. The molecule has 0 saturated heterocycles. The highest BCUT2D eigenvalue weighted by molar-refractivity contribution is 7.22. The van der Waals surface area contributed by atoms with Crippen molar-refractivity contribution in [2.75, 3.05) is 5.32 Å². The van der Waals surface area contributed by atoms with Crippen molar-refractivity contribution in [3.05, 3.63) is 59.4 Å². The predicted octanol–water partition coefficient (Wildman–Crippen LogP) is 4.00. The lowest BCUT2D eigenvalue weighted by Crippen LogP contribution is -2.11. The van der Waals surface area contributed by atoms with E-state index in [0.717, 1.165) is 5.56 Å². The van der Waals surface area contributed by atoms with Gasteiger partial charge in [0, 0.05) is 5.56 Å². The molecule has 1 heterocycles. The number of carbonyl (C=O) groups excluding carboxylic acids is 1. The minimum atomic E-state index is -0.308. The predicted molar refractivity (Wildman–Crippen MR) is 78.7 cm³/mol. The monoisotopic (exact) mass is 286 g/mol. The Morgan fingerprint density at radius 2 is 1.95 bits per heavy atom. The molecular weight excluding hydrogens is 275 g/mol. The Morgan fingerprint density at radius 1 is 1.20 bits per heavy atom. The molecule has 5 heteroatoms. The molecule has 0 atom stereocenters. The maximum atomic E-state index is 13.1. The van der Waals surface area contributed by atoms with Gasteiger partial charge in [-0.2, -0.15) is 0 Å². The van der Waals surface area contributed by atoms with E-state index in [-0.39, 0.29) is 11.7 Å². The van der Waals surface area contributed by atoms with E-state index in [4.69, 9.17) is 0 Å². The van der Waals surface area contributed by atoms with Crippen molar-refractivity contribution in [2.45, 2.75) is 6.92 Å². The van der Waals surface area contributed by atoms with E-state index in [1.165, 1.54) is 23.5 Å². The molecule has 0 radical (unpaired) electrons. The summed E-state index contributed by atoms with van der Waals surface area (Å²) < 4.78 is 13.8. The molecule has 0 spiro atoms. The van der Waals surface area contributed by atoms with Gasteiger partial charge in [0.25, 0.3) is 5.91 Å². The summed E-state index contributed by atoms with van der Waals surface area (Å²) in [6.07, 6.45) is 0. The lowest BCUT2D eigenvalue weighted by molar-refractivity contribution is 0.102. The van der Waals surface area contributed by atoms with E-state index in [0.29, 0.717) is 20.9 Å². The summed E-state index contributed by atoms with van der Waals surface area (Å²) in [6.45, 7) is 1.96. The Morgan fingerprint density at radius 3 is 2.70 bits per heavy atom. The van der Waals surface area contributed by atoms with Gasteiger partial charge in [0.15, 0.2) is 5.13 Å². The summed E-state index contributed by atoms with van der Waals surface area (Å²) in [4.78, 5) is 16.3. The SMILES string of the molecule is Cc1ccc(C(=O)Nc2nc3ccc(F)cc3s2)cc1. The minimum absolute atomic E-state index is 0.218. The van der Waals surface area contributed by atoms with Gasteiger partial charge in [0.2, 0.25) is 0 Å². The molecule has 2 aromatic carbocycles. The Balaban J connectivity index is 1.85. The highest BCUT2D eigenvalue weighted by atomic mass is 32.1. The molecule has 3 rings (SSSR count). The van der Waals surface area contributed by atoms with Gasteiger partial charge in [-0.05, 0) is 37.3 Å². The summed E-state index contributed by atoms with van der Waals surface area (Å²) in [5.74, 6) is -0.526. The number of nitrogens with zero attached hydrogens (tertiary/aromatic N) is 1. The van der Waals surface area contributed by atoms with E-state index in [1.54, 1.807) is 18.2 Å². The Bertz CT molecular complexity index is 780. The second-order valence-electron chi connectivity index (χ2n) is 4.45. The Hall–Kier alpha value is -2.27. The normalized spacial score (nSPS) is 10.7. The number of hydrogen-bond acceptors (Lipinski definition) is 3. The van der Waals surface area contributed by atoms with Gasteiger partial charge in [-0.25, -0.2) is 9.37 Å². The summed E-state index contributed by atoms with van der Waals surface area (Å²) in [5.41, 5.74) is 2.34. The first kappa shape index (κ1) is 12.7. The zero-order valence-corrected chi connectivity index (χ0v) is 11.5. The summed E-state index contributed by atoms with van der Waals surface area (Å²) in [7, 11) is 0. The molecule has 1 aromatic heterocycles. The molecule has 0 aliphatic heterocycles. The lowest BCUT2D eigenvalue weighted by atomic mass is 10.1. The van der Waals surface area contributed by atoms with Crippen molar-refractivity contribution in [1.29, 1.82) is 0 Å². The smallest absolute Gasteiger partial charge is 0.257 e. The van der Waals surface area contributed by atoms with E-state index >= 15 is 0 Å². The van der Waals surface area contributed by atoms with Crippen LogP contribution in [0.4, 0.5) is 9.52 Å². The lowest BCUT2D eigenvalue weighted by Gasteiger charge is -2.01. The molecule has 100 valence electrons. The number of anilines is 1. The number of thiazole rings is 1. The molecule has 0 unspecified atom stereocenters. The number of aromatic nitrogens is 1. The highest BCUT2D eigenvalue weighted by Gasteiger charge is 2.10. The van der Waals surface area contributed by atoms with Crippen molar-refractivity contribution in [1.82, 2.24) is 4.98 Å². The first-order valence-corrected chi connectivity index (χ1v) is 6.87. The van der Waals surface area contributed by atoms with Crippen molar-refractivity contribution in [3.8, 4) is 0 Å². The number of nitrogens with one attached hydrogen (secondary N) is 1. The van der Waals surface area contributed by atoms with Gasteiger partial charge < -0.3 is 0 Å². The molecule has 20 heavy (non-hydrogen) atoms. The average molecular weight is 286 g/mol. The van der Waals surface area contributed by atoms with Crippen LogP contribution in [0.25, 0.3) is 10.2 Å². The largest absolute Gasteiger partial charge is 0.298 e. The third-order valence-corrected chi connectivity index (χ3v) is 3.82. The van der Waals surface area contributed by atoms with Crippen LogP contribution in [0.5, 0.6) is 0 Å².